The molecule has 0 aliphatic heterocycles. The maximum atomic E-state index is 11.6. The molecule has 0 fully saturated rings. The van der Waals surface area contributed by atoms with Gasteiger partial charge in [0, 0.05) is 6.08 Å². The number of carbonyl (C=O) groups is 1. The second kappa shape index (κ2) is 13.1. The highest BCUT2D eigenvalue weighted by Gasteiger charge is 1.95. The van der Waals surface area contributed by atoms with E-state index < -0.39 is 12.6 Å². The molecule has 0 unspecified atom stereocenters. The molecule has 0 saturated heterocycles. The molecule has 0 bridgehead atoms. The highest BCUT2D eigenvalue weighted by molar-refractivity contribution is 5.81. The van der Waals surface area contributed by atoms with Crippen LogP contribution in [0.15, 0.2) is 12.7 Å². The van der Waals surface area contributed by atoms with Crippen molar-refractivity contribution in [2.45, 2.75) is 0 Å². The quantitative estimate of drug-likeness (QED) is 0.290. The van der Waals surface area contributed by atoms with E-state index in [4.69, 9.17) is 14.2 Å². The van der Waals surface area contributed by atoms with Crippen LogP contribution in [0, 0.1) is 0 Å². The predicted octanol–water partition coefficient (Wildman–Crippen LogP) is 0.735. The van der Waals surface area contributed by atoms with Gasteiger partial charge in [-0.1, -0.05) is 6.58 Å². The Morgan fingerprint density at radius 3 is 1.88 bits per heavy atom. The van der Waals surface area contributed by atoms with Crippen molar-refractivity contribution >= 4 is 5.97 Å². The Balaban J connectivity index is 2.98. The van der Waals surface area contributed by atoms with E-state index in [0.29, 0.717) is 33.0 Å². The van der Waals surface area contributed by atoms with Gasteiger partial charge in [0.05, 0.1) is 39.6 Å². The van der Waals surface area contributed by atoms with Crippen LogP contribution in [-0.2, 0) is 23.7 Å². The van der Waals surface area contributed by atoms with Crippen LogP contribution in [0.3, 0.4) is 0 Å². The Kier molecular flexibility index (Phi) is 12.3. The zero-order valence-corrected chi connectivity index (χ0v) is 9.86. The topological polar surface area (TPSA) is 54.0 Å². The van der Waals surface area contributed by atoms with Gasteiger partial charge in [0.1, 0.15) is 13.3 Å². The fourth-order valence-corrected chi connectivity index (χ4v) is 0.857. The number of halogens is 1. The van der Waals surface area contributed by atoms with E-state index in [2.05, 4.69) is 11.3 Å². The van der Waals surface area contributed by atoms with E-state index >= 15 is 0 Å². The Morgan fingerprint density at radius 2 is 1.41 bits per heavy atom. The van der Waals surface area contributed by atoms with Crippen LogP contribution in [0.25, 0.3) is 0 Å². The van der Waals surface area contributed by atoms with Gasteiger partial charge in [0.25, 0.3) is 0 Å². The third-order valence-corrected chi connectivity index (χ3v) is 1.60. The Labute approximate surface area is 100 Å². The fourth-order valence-electron chi connectivity index (χ4n) is 0.857. The lowest BCUT2D eigenvalue weighted by Crippen LogP contribution is -2.13. The van der Waals surface area contributed by atoms with Crippen LogP contribution >= 0.6 is 0 Å². The van der Waals surface area contributed by atoms with Crippen LogP contribution in [-0.4, -0.2) is 58.9 Å². The normalized spacial score (nSPS) is 10.2. The maximum Gasteiger partial charge on any atom is 0.330 e. The third-order valence-electron chi connectivity index (χ3n) is 1.60. The molecule has 0 aliphatic rings. The largest absolute Gasteiger partial charge is 0.460 e. The first-order valence-corrected chi connectivity index (χ1v) is 5.39. The van der Waals surface area contributed by atoms with E-state index in [1.807, 2.05) is 0 Å². The van der Waals surface area contributed by atoms with Crippen molar-refractivity contribution in [3.8, 4) is 0 Å². The number of alkyl halides is 1. The molecular weight excluding hydrogens is 231 g/mol. The molecule has 100 valence electrons. The average Bonchev–Trinajstić information content (AvgIpc) is 2.35. The zero-order chi connectivity index (χ0) is 12.8. The minimum Gasteiger partial charge on any atom is -0.460 e. The summed E-state index contributed by atoms with van der Waals surface area (Å²) in [6, 6.07) is 0. The molecule has 0 radical (unpaired) electrons. The molecule has 0 aliphatic carbocycles. The molecule has 0 spiro atoms. The summed E-state index contributed by atoms with van der Waals surface area (Å²) in [7, 11) is 0. The summed E-state index contributed by atoms with van der Waals surface area (Å²) in [5, 5.41) is 0. The average molecular weight is 250 g/mol. The van der Waals surface area contributed by atoms with Crippen molar-refractivity contribution in [1.82, 2.24) is 0 Å². The van der Waals surface area contributed by atoms with Crippen LogP contribution < -0.4 is 0 Å². The van der Waals surface area contributed by atoms with Gasteiger partial charge in [-0.15, -0.1) is 0 Å². The first kappa shape index (κ1) is 16.0. The third kappa shape index (κ3) is 13.0. The standard InChI is InChI=1S/C11H19FO5/c1-2-11(13)17-10-9-16-8-7-15-6-5-14-4-3-12/h2H,1,3-10H2. The van der Waals surface area contributed by atoms with Crippen LogP contribution in [0.5, 0.6) is 0 Å². The first-order valence-electron chi connectivity index (χ1n) is 5.39. The summed E-state index contributed by atoms with van der Waals surface area (Å²) < 4.78 is 31.4. The Hall–Kier alpha value is -0.980. The lowest BCUT2D eigenvalue weighted by Gasteiger charge is -2.06. The van der Waals surface area contributed by atoms with Crippen molar-refractivity contribution in [2.75, 3.05) is 52.9 Å². The van der Waals surface area contributed by atoms with Crippen molar-refractivity contribution in [3.63, 3.8) is 0 Å². The lowest BCUT2D eigenvalue weighted by molar-refractivity contribution is -0.139. The molecule has 0 saturated carbocycles. The van der Waals surface area contributed by atoms with Crippen molar-refractivity contribution in [1.29, 1.82) is 0 Å². The summed E-state index contributed by atoms with van der Waals surface area (Å²) in [6.07, 6.45) is 1.10. The number of esters is 1. The molecule has 0 amide bonds. The van der Waals surface area contributed by atoms with Gasteiger partial charge in [-0.3, -0.25) is 0 Å². The molecule has 5 nitrogen and oxygen atoms in total. The molecule has 0 aromatic heterocycles. The monoisotopic (exact) mass is 250 g/mol. The summed E-state index contributed by atoms with van der Waals surface area (Å²) in [5.74, 6) is -0.463. The van der Waals surface area contributed by atoms with Gasteiger partial charge in [-0.05, 0) is 0 Å². The van der Waals surface area contributed by atoms with E-state index in [1.165, 1.54) is 0 Å². The zero-order valence-electron chi connectivity index (χ0n) is 9.86. The predicted molar refractivity (Wildman–Crippen MR) is 59.6 cm³/mol. The Bertz CT molecular complexity index is 198. The fraction of sp³-hybridized carbons (Fsp3) is 0.727. The van der Waals surface area contributed by atoms with E-state index in [-0.39, 0.29) is 13.2 Å². The van der Waals surface area contributed by atoms with Crippen LogP contribution in [0.4, 0.5) is 4.39 Å². The molecule has 0 aromatic carbocycles. The number of carbonyl (C=O) groups excluding carboxylic acids is 1. The van der Waals surface area contributed by atoms with Crippen molar-refractivity contribution < 1.29 is 28.1 Å². The van der Waals surface area contributed by atoms with Crippen molar-refractivity contribution in [2.24, 2.45) is 0 Å². The lowest BCUT2D eigenvalue weighted by atomic mass is 10.6. The van der Waals surface area contributed by atoms with Crippen LogP contribution in [0.1, 0.15) is 0 Å². The summed E-state index contributed by atoms with van der Waals surface area (Å²) in [6.45, 7) is 5.03. The molecule has 0 N–H and O–H groups in total. The summed E-state index contributed by atoms with van der Waals surface area (Å²) in [4.78, 5) is 10.6. The van der Waals surface area contributed by atoms with E-state index in [0.717, 1.165) is 6.08 Å². The van der Waals surface area contributed by atoms with Gasteiger partial charge < -0.3 is 18.9 Å². The van der Waals surface area contributed by atoms with E-state index in [1.54, 1.807) is 0 Å². The first-order chi connectivity index (χ1) is 8.31. The summed E-state index contributed by atoms with van der Waals surface area (Å²) in [5.41, 5.74) is 0. The second-order valence-electron chi connectivity index (χ2n) is 2.90. The minimum absolute atomic E-state index is 0.106. The molecule has 6 heteroatoms. The highest BCUT2D eigenvalue weighted by atomic mass is 19.1. The number of hydrogen-bond donors (Lipinski definition) is 0. The second-order valence-corrected chi connectivity index (χ2v) is 2.90. The van der Waals surface area contributed by atoms with Crippen molar-refractivity contribution in [3.05, 3.63) is 12.7 Å². The minimum atomic E-state index is -0.480. The van der Waals surface area contributed by atoms with Crippen LogP contribution in [0.2, 0.25) is 0 Å². The molecule has 0 atom stereocenters. The molecule has 0 aromatic rings. The highest BCUT2D eigenvalue weighted by Crippen LogP contribution is 1.84. The van der Waals surface area contributed by atoms with Gasteiger partial charge in [0.15, 0.2) is 0 Å². The molecular formula is C11H19FO5. The van der Waals surface area contributed by atoms with Gasteiger partial charge >= 0.3 is 5.97 Å². The van der Waals surface area contributed by atoms with Gasteiger partial charge in [-0.2, -0.15) is 0 Å². The molecule has 0 heterocycles. The van der Waals surface area contributed by atoms with Gasteiger partial charge in [-0.25, -0.2) is 9.18 Å². The Morgan fingerprint density at radius 1 is 0.941 bits per heavy atom. The molecule has 0 rings (SSSR count). The van der Waals surface area contributed by atoms with Gasteiger partial charge in [0.2, 0.25) is 0 Å². The number of ether oxygens (including phenoxy) is 4. The molecule has 17 heavy (non-hydrogen) atoms. The SMILES string of the molecule is C=CC(=O)OCCOCCOCCOCCF. The maximum absolute atomic E-state index is 11.6. The smallest absolute Gasteiger partial charge is 0.330 e. The number of hydrogen-bond acceptors (Lipinski definition) is 5. The number of rotatable bonds is 12. The summed E-state index contributed by atoms with van der Waals surface area (Å²) >= 11 is 0. The van der Waals surface area contributed by atoms with E-state index in [9.17, 15) is 9.18 Å².